The van der Waals surface area contributed by atoms with E-state index in [2.05, 4.69) is 14.9 Å². The van der Waals surface area contributed by atoms with Gasteiger partial charge in [0.05, 0.1) is 10.6 Å². The summed E-state index contributed by atoms with van der Waals surface area (Å²) < 4.78 is 40.8. The first-order valence-electron chi connectivity index (χ1n) is 10.9. The lowest BCUT2D eigenvalue weighted by Gasteiger charge is -2.31. The Kier molecular flexibility index (Phi) is 7.50. The Hall–Kier alpha value is -2.94. The maximum Gasteiger partial charge on any atom is 0.261 e. The molecule has 3 aromatic rings. The number of amides is 1. The summed E-state index contributed by atoms with van der Waals surface area (Å²) in [5, 5.41) is 3.32. The van der Waals surface area contributed by atoms with E-state index >= 15 is 0 Å². The second kappa shape index (κ2) is 10.5. The molecule has 6 nitrogen and oxygen atoms in total. The lowest BCUT2D eigenvalue weighted by atomic mass is 9.95. The van der Waals surface area contributed by atoms with Gasteiger partial charge in [-0.3, -0.25) is 14.4 Å². The predicted molar refractivity (Wildman–Crippen MR) is 132 cm³/mol. The largest absolute Gasteiger partial charge is 0.326 e. The highest BCUT2D eigenvalue weighted by molar-refractivity contribution is 7.92. The van der Waals surface area contributed by atoms with E-state index in [4.69, 9.17) is 11.6 Å². The first-order valence-corrected chi connectivity index (χ1v) is 12.8. The Morgan fingerprint density at radius 3 is 2.29 bits per heavy atom. The number of nitrogens with zero attached hydrogens (tertiary/aromatic N) is 1. The van der Waals surface area contributed by atoms with Gasteiger partial charge in [0.2, 0.25) is 5.91 Å². The van der Waals surface area contributed by atoms with E-state index in [-0.39, 0.29) is 22.5 Å². The standard InChI is InChI=1S/C25H25ClFN3O3S/c26-20-2-1-3-23(16-20)29-34(32,33)24-10-8-22(9-11-24)28-25(31)19-12-14-30(15-13-19)17-18-4-6-21(27)7-5-18/h1-11,16,19,29H,12-15,17H2,(H,28,31). The number of hydrogen-bond acceptors (Lipinski definition) is 4. The van der Waals surface area contributed by atoms with Crippen molar-refractivity contribution in [2.24, 2.45) is 5.92 Å². The normalized spacial score (nSPS) is 15.1. The van der Waals surface area contributed by atoms with E-state index in [1.807, 2.05) is 0 Å². The number of rotatable bonds is 7. The Balaban J connectivity index is 1.29. The molecule has 0 saturated carbocycles. The van der Waals surface area contributed by atoms with Crippen LogP contribution in [-0.2, 0) is 21.4 Å². The lowest BCUT2D eigenvalue weighted by Crippen LogP contribution is -2.37. The van der Waals surface area contributed by atoms with Gasteiger partial charge in [0.25, 0.3) is 10.0 Å². The number of anilines is 2. The van der Waals surface area contributed by atoms with Crippen LogP contribution in [0, 0.1) is 11.7 Å². The van der Waals surface area contributed by atoms with Crippen LogP contribution in [0.1, 0.15) is 18.4 Å². The van der Waals surface area contributed by atoms with E-state index in [1.54, 1.807) is 42.5 Å². The zero-order valence-electron chi connectivity index (χ0n) is 18.4. The molecular weight excluding hydrogens is 477 g/mol. The molecule has 4 rings (SSSR count). The number of halogens is 2. The summed E-state index contributed by atoms with van der Waals surface area (Å²) in [5.74, 6) is -0.436. The van der Waals surface area contributed by atoms with E-state index in [1.165, 1.54) is 30.3 Å². The molecule has 3 aromatic carbocycles. The second-order valence-electron chi connectivity index (χ2n) is 8.31. The van der Waals surface area contributed by atoms with Crippen molar-refractivity contribution >= 4 is 38.9 Å². The van der Waals surface area contributed by atoms with E-state index in [0.29, 0.717) is 16.4 Å². The molecule has 0 spiro atoms. The smallest absolute Gasteiger partial charge is 0.261 e. The Labute approximate surface area is 203 Å². The molecule has 1 fully saturated rings. The molecule has 1 heterocycles. The predicted octanol–water partition coefficient (Wildman–Crippen LogP) is 5.13. The SMILES string of the molecule is O=C(Nc1ccc(S(=O)(=O)Nc2cccc(Cl)c2)cc1)C1CCN(Cc2ccc(F)cc2)CC1. The highest BCUT2D eigenvalue weighted by atomic mass is 35.5. The van der Waals surface area contributed by atoms with Crippen LogP contribution in [0.2, 0.25) is 5.02 Å². The molecule has 2 N–H and O–H groups in total. The summed E-state index contributed by atoms with van der Waals surface area (Å²) in [5.41, 5.74) is 1.96. The fourth-order valence-corrected chi connectivity index (χ4v) is 5.17. The van der Waals surface area contributed by atoms with Crippen LogP contribution in [-0.4, -0.2) is 32.3 Å². The van der Waals surface area contributed by atoms with Crippen LogP contribution >= 0.6 is 11.6 Å². The van der Waals surface area contributed by atoms with Crippen molar-refractivity contribution in [1.29, 1.82) is 0 Å². The van der Waals surface area contributed by atoms with Gasteiger partial charge in [0.1, 0.15) is 5.82 Å². The fourth-order valence-electron chi connectivity index (χ4n) is 3.93. The maximum atomic E-state index is 13.1. The first-order chi connectivity index (χ1) is 16.3. The molecule has 0 aromatic heterocycles. The average Bonchev–Trinajstić information content (AvgIpc) is 2.81. The number of hydrogen-bond donors (Lipinski definition) is 2. The minimum atomic E-state index is -3.78. The summed E-state index contributed by atoms with van der Waals surface area (Å²) in [6, 6.07) is 19.0. The third-order valence-corrected chi connectivity index (χ3v) is 7.42. The maximum absolute atomic E-state index is 13.1. The summed E-state index contributed by atoms with van der Waals surface area (Å²) in [6.07, 6.45) is 1.45. The summed E-state index contributed by atoms with van der Waals surface area (Å²) in [6.45, 7) is 2.29. The third-order valence-electron chi connectivity index (χ3n) is 5.79. The minimum Gasteiger partial charge on any atom is -0.326 e. The molecule has 1 amide bonds. The molecule has 0 bridgehead atoms. The minimum absolute atomic E-state index is 0.0749. The van der Waals surface area contributed by atoms with Crippen molar-refractivity contribution in [3.05, 3.63) is 89.2 Å². The number of piperidine rings is 1. The van der Waals surface area contributed by atoms with Crippen LogP contribution in [0.3, 0.4) is 0 Å². The molecule has 0 radical (unpaired) electrons. The zero-order valence-corrected chi connectivity index (χ0v) is 19.9. The number of benzene rings is 3. The third kappa shape index (κ3) is 6.34. The number of carbonyl (C=O) groups is 1. The number of likely N-dealkylation sites (tertiary alicyclic amines) is 1. The van der Waals surface area contributed by atoms with Crippen LogP contribution < -0.4 is 10.0 Å². The van der Waals surface area contributed by atoms with Gasteiger partial charge in [0, 0.05) is 23.2 Å². The van der Waals surface area contributed by atoms with E-state index in [0.717, 1.165) is 38.0 Å². The molecule has 34 heavy (non-hydrogen) atoms. The molecule has 0 atom stereocenters. The van der Waals surface area contributed by atoms with Gasteiger partial charge >= 0.3 is 0 Å². The van der Waals surface area contributed by atoms with Crippen LogP contribution in [0.15, 0.2) is 77.7 Å². The zero-order chi connectivity index (χ0) is 24.1. The molecular formula is C25H25ClFN3O3S. The van der Waals surface area contributed by atoms with Crippen molar-refractivity contribution in [3.63, 3.8) is 0 Å². The highest BCUT2D eigenvalue weighted by Gasteiger charge is 2.25. The number of carbonyl (C=O) groups excluding carboxylic acids is 1. The molecule has 1 saturated heterocycles. The van der Waals surface area contributed by atoms with Gasteiger partial charge in [-0.15, -0.1) is 0 Å². The van der Waals surface area contributed by atoms with Crippen molar-refractivity contribution in [3.8, 4) is 0 Å². The van der Waals surface area contributed by atoms with Crippen LogP contribution in [0.5, 0.6) is 0 Å². The van der Waals surface area contributed by atoms with Crippen molar-refractivity contribution < 1.29 is 17.6 Å². The van der Waals surface area contributed by atoms with Crippen LogP contribution in [0.4, 0.5) is 15.8 Å². The topological polar surface area (TPSA) is 78.5 Å². The van der Waals surface area contributed by atoms with Crippen LogP contribution in [0.25, 0.3) is 0 Å². The lowest BCUT2D eigenvalue weighted by molar-refractivity contribution is -0.121. The molecule has 0 aliphatic carbocycles. The Bertz CT molecular complexity index is 1240. The summed E-state index contributed by atoms with van der Waals surface area (Å²) in [4.78, 5) is 15.0. The number of nitrogens with one attached hydrogen (secondary N) is 2. The Morgan fingerprint density at radius 2 is 1.65 bits per heavy atom. The molecule has 9 heteroatoms. The average molecular weight is 502 g/mol. The quantitative estimate of drug-likeness (QED) is 0.470. The van der Waals surface area contributed by atoms with Gasteiger partial charge < -0.3 is 5.32 Å². The van der Waals surface area contributed by atoms with Crippen molar-refractivity contribution in [2.45, 2.75) is 24.3 Å². The van der Waals surface area contributed by atoms with E-state index in [9.17, 15) is 17.6 Å². The molecule has 0 unspecified atom stereocenters. The molecule has 1 aliphatic heterocycles. The molecule has 178 valence electrons. The van der Waals surface area contributed by atoms with E-state index < -0.39 is 10.0 Å². The second-order valence-corrected chi connectivity index (χ2v) is 10.4. The van der Waals surface area contributed by atoms with Gasteiger partial charge in [0.15, 0.2) is 0 Å². The summed E-state index contributed by atoms with van der Waals surface area (Å²) in [7, 11) is -3.78. The number of sulfonamides is 1. The van der Waals surface area contributed by atoms with Gasteiger partial charge in [-0.1, -0.05) is 29.8 Å². The van der Waals surface area contributed by atoms with Gasteiger partial charge in [-0.05, 0) is 86.1 Å². The van der Waals surface area contributed by atoms with Crippen molar-refractivity contribution in [1.82, 2.24) is 4.90 Å². The molecule has 1 aliphatic rings. The van der Waals surface area contributed by atoms with Gasteiger partial charge in [-0.25, -0.2) is 12.8 Å². The monoisotopic (exact) mass is 501 g/mol. The summed E-state index contributed by atoms with van der Waals surface area (Å²) >= 11 is 5.91. The fraction of sp³-hybridized carbons (Fsp3) is 0.240. The van der Waals surface area contributed by atoms with Crippen molar-refractivity contribution in [2.75, 3.05) is 23.1 Å². The first kappa shape index (κ1) is 24.2. The van der Waals surface area contributed by atoms with Gasteiger partial charge in [-0.2, -0.15) is 0 Å². The highest BCUT2D eigenvalue weighted by Crippen LogP contribution is 2.23. The Morgan fingerprint density at radius 1 is 0.971 bits per heavy atom.